The number of hydrogen-bond acceptors (Lipinski definition) is 2. The number of hydrogen-bond donors (Lipinski definition) is 1. The summed E-state index contributed by atoms with van der Waals surface area (Å²) in [6.07, 6.45) is 6.25. The van der Waals surface area contributed by atoms with E-state index in [1.54, 1.807) is 6.07 Å². The average Bonchev–Trinajstić information content (AvgIpc) is 3.28. The molecule has 2 aliphatic rings. The van der Waals surface area contributed by atoms with Crippen molar-refractivity contribution in [2.45, 2.75) is 50.7 Å². The van der Waals surface area contributed by atoms with E-state index in [0.717, 1.165) is 25.2 Å². The summed E-state index contributed by atoms with van der Waals surface area (Å²) in [4.78, 5) is 2.43. The standard InChI is InChI=1S/C16H22F2N2/c17-15-7-4-12(9-16(15)18)10-20(14-5-6-14)11-13-3-1-2-8-19-13/h4,7,9,13-14,19H,1-3,5-6,8,10-11H2. The minimum Gasteiger partial charge on any atom is -0.313 e. The lowest BCUT2D eigenvalue weighted by Gasteiger charge is -2.30. The van der Waals surface area contributed by atoms with Gasteiger partial charge in [-0.15, -0.1) is 0 Å². The molecule has 3 rings (SSSR count). The van der Waals surface area contributed by atoms with Gasteiger partial charge < -0.3 is 5.32 Å². The highest BCUT2D eigenvalue weighted by atomic mass is 19.2. The Kier molecular flexibility index (Phi) is 4.32. The van der Waals surface area contributed by atoms with Crippen LogP contribution in [0.3, 0.4) is 0 Å². The van der Waals surface area contributed by atoms with E-state index in [2.05, 4.69) is 10.2 Å². The molecule has 1 aliphatic heterocycles. The molecule has 1 aliphatic carbocycles. The summed E-state index contributed by atoms with van der Waals surface area (Å²) in [5.74, 6) is -1.50. The van der Waals surface area contributed by atoms with Crippen molar-refractivity contribution in [1.82, 2.24) is 10.2 Å². The van der Waals surface area contributed by atoms with E-state index in [1.807, 2.05) is 0 Å². The van der Waals surface area contributed by atoms with Crippen LogP contribution in [0.5, 0.6) is 0 Å². The normalized spacial score (nSPS) is 23.2. The predicted octanol–water partition coefficient (Wildman–Crippen LogP) is 3.07. The second-order valence-electron chi connectivity index (χ2n) is 6.06. The first kappa shape index (κ1) is 14.0. The molecule has 1 aromatic rings. The van der Waals surface area contributed by atoms with E-state index in [4.69, 9.17) is 0 Å². The maximum Gasteiger partial charge on any atom is 0.159 e. The Bertz CT molecular complexity index is 454. The number of benzene rings is 1. The minimum absolute atomic E-state index is 0.551. The molecule has 1 saturated carbocycles. The van der Waals surface area contributed by atoms with Gasteiger partial charge in [-0.25, -0.2) is 8.78 Å². The summed E-state index contributed by atoms with van der Waals surface area (Å²) < 4.78 is 26.3. The summed E-state index contributed by atoms with van der Waals surface area (Å²) in [5, 5.41) is 3.56. The third kappa shape index (κ3) is 3.55. The molecule has 2 nitrogen and oxygen atoms in total. The summed E-state index contributed by atoms with van der Waals surface area (Å²) in [7, 11) is 0. The van der Waals surface area contributed by atoms with Gasteiger partial charge in [0, 0.05) is 25.2 Å². The van der Waals surface area contributed by atoms with E-state index in [-0.39, 0.29) is 0 Å². The first-order chi connectivity index (χ1) is 9.72. The molecule has 1 N–H and O–H groups in total. The van der Waals surface area contributed by atoms with Crippen molar-refractivity contribution in [2.24, 2.45) is 0 Å². The fourth-order valence-corrected chi connectivity index (χ4v) is 3.02. The molecule has 0 radical (unpaired) electrons. The molecule has 1 atom stereocenters. The Hall–Kier alpha value is -1.00. The fourth-order valence-electron chi connectivity index (χ4n) is 3.02. The second kappa shape index (κ2) is 6.19. The second-order valence-corrected chi connectivity index (χ2v) is 6.06. The molecule has 0 bridgehead atoms. The molecule has 1 unspecified atom stereocenters. The van der Waals surface area contributed by atoms with Crippen molar-refractivity contribution in [3.8, 4) is 0 Å². The van der Waals surface area contributed by atoms with E-state index >= 15 is 0 Å². The van der Waals surface area contributed by atoms with Crippen LogP contribution in [0, 0.1) is 11.6 Å². The lowest BCUT2D eigenvalue weighted by Crippen LogP contribution is -2.44. The van der Waals surface area contributed by atoms with Crippen LogP contribution in [-0.2, 0) is 6.54 Å². The molecule has 1 heterocycles. The Morgan fingerprint density at radius 2 is 1.95 bits per heavy atom. The maximum atomic E-state index is 13.3. The average molecular weight is 280 g/mol. The first-order valence-corrected chi connectivity index (χ1v) is 7.64. The molecule has 110 valence electrons. The van der Waals surface area contributed by atoms with E-state index < -0.39 is 11.6 Å². The largest absolute Gasteiger partial charge is 0.313 e. The zero-order valence-electron chi connectivity index (χ0n) is 11.7. The van der Waals surface area contributed by atoms with Crippen LogP contribution in [0.1, 0.15) is 37.7 Å². The molecule has 4 heteroatoms. The highest BCUT2D eigenvalue weighted by Gasteiger charge is 2.30. The summed E-state index contributed by atoms with van der Waals surface area (Å²) in [6.45, 7) is 2.85. The van der Waals surface area contributed by atoms with Crippen LogP contribution in [0.25, 0.3) is 0 Å². The van der Waals surface area contributed by atoms with Gasteiger partial charge in [-0.1, -0.05) is 12.5 Å². The van der Waals surface area contributed by atoms with Crippen molar-refractivity contribution in [2.75, 3.05) is 13.1 Å². The smallest absolute Gasteiger partial charge is 0.159 e. The van der Waals surface area contributed by atoms with Gasteiger partial charge in [0.1, 0.15) is 0 Å². The molecule has 1 aromatic carbocycles. The Morgan fingerprint density at radius 3 is 2.60 bits per heavy atom. The summed E-state index contributed by atoms with van der Waals surface area (Å²) >= 11 is 0. The van der Waals surface area contributed by atoms with Gasteiger partial charge in [0.25, 0.3) is 0 Å². The van der Waals surface area contributed by atoms with Gasteiger partial charge >= 0.3 is 0 Å². The number of nitrogens with one attached hydrogen (secondary N) is 1. The van der Waals surface area contributed by atoms with Crippen molar-refractivity contribution >= 4 is 0 Å². The van der Waals surface area contributed by atoms with Crippen molar-refractivity contribution < 1.29 is 8.78 Å². The number of nitrogens with zero attached hydrogens (tertiary/aromatic N) is 1. The molecule has 0 spiro atoms. The first-order valence-electron chi connectivity index (χ1n) is 7.64. The molecule has 1 saturated heterocycles. The van der Waals surface area contributed by atoms with E-state index in [9.17, 15) is 8.78 Å². The van der Waals surface area contributed by atoms with Crippen molar-refractivity contribution in [3.63, 3.8) is 0 Å². The predicted molar refractivity (Wildman–Crippen MR) is 75.4 cm³/mol. The minimum atomic E-state index is -0.763. The lowest BCUT2D eigenvalue weighted by atomic mass is 10.0. The third-order valence-corrected chi connectivity index (χ3v) is 4.30. The fraction of sp³-hybridized carbons (Fsp3) is 0.625. The van der Waals surface area contributed by atoms with Crippen molar-refractivity contribution in [1.29, 1.82) is 0 Å². The molecule has 0 amide bonds. The zero-order valence-corrected chi connectivity index (χ0v) is 11.7. The monoisotopic (exact) mass is 280 g/mol. The zero-order chi connectivity index (χ0) is 13.9. The Labute approximate surface area is 119 Å². The van der Waals surface area contributed by atoms with Crippen molar-refractivity contribution in [3.05, 3.63) is 35.4 Å². The highest BCUT2D eigenvalue weighted by Crippen LogP contribution is 2.29. The van der Waals surface area contributed by atoms with Gasteiger partial charge in [-0.3, -0.25) is 4.90 Å². The summed E-state index contributed by atoms with van der Waals surface area (Å²) in [6, 6.07) is 5.44. The van der Waals surface area contributed by atoms with Gasteiger partial charge in [-0.05, 0) is 49.9 Å². The van der Waals surface area contributed by atoms with Crippen LogP contribution >= 0.6 is 0 Å². The molecule has 2 fully saturated rings. The Balaban J connectivity index is 1.62. The van der Waals surface area contributed by atoms with Crippen LogP contribution in [0.15, 0.2) is 18.2 Å². The van der Waals surface area contributed by atoms with E-state index in [0.29, 0.717) is 12.1 Å². The number of rotatable bonds is 5. The topological polar surface area (TPSA) is 15.3 Å². The SMILES string of the molecule is Fc1ccc(CN(CC2CCCCN2)C2CC2)cc1F. The van der Waals surface area contributed by atoms with Gasteiger partial charge in [0.05, 0.1) is 0 Å². The molecule has 0 aromatic heterocycles. The quantitative estimate of drug-likeness (QED) is 0.891. The van der Waals surface area contributed by atoms with E-state index in [1.165, 1.54) is 44.2 Å². The molecular formula is C16H22F2N2. The highest BCUT2D eigenvalue weighted by molar-refractivity contribution is 5.18. The van der Waals surface area contributed by atoms with Crippen LogP contribution in [-0.4, -0.2) is 30.1 Å². The number of halogens is 2. The summed E-state index contributed by atoms with van der Waals surface area (Å²) in [5.41, 5.74) is 0.867. The van der Waals surface area contributed by atoms with Crippen LogP contribution in [0.4, 0.5) is 8.78 Å². The van der Waals surface area contributed by atoms with Gasteiger partial charge in [0.2, 0.25) is 0 Å². The third-order valence-electron chi connectivity index (χ3n) is 4.30. The maximum absolute atomic E-state index is 13.3. The number of piperidine rings is 1. The Morgan fingerprint density at radius 1 is 1.10 bits per heavy atom. The van der Waals surface area contributed by atoms with Gasteiger partial charge in [-0.2, -0.15) is 0 Å². The van der Waals surface area contributed by atoms with Crippen LogP contribution < -0.4 is 5.32 Å². The molecule has 20 heavy (non-hydrogen) atoms. The lowest BCUT2D eigenvalue weighted by molar-refractivity contribution is 0.208. The van der Waals surface area contributed by atoms with Gasteiger partial charge in [0.15, 0.2) is 11.6 Å². The molecular weight excluding hydrogens is 258 g/mol. The van der Waals surface area contributed by atoms with Crippen LogP contribution in [0.2, 0.25) is 0 Å².